The second-order valence-corrected chi connectivity index (χ2v) is 8.03. The summed E-state index contributed by atoms with van der Waals surface area (Å²) in [4.78, 5) is 38.3. The van der Waals surface area contributed by atoms with Gasteiger partial charge >= 0.3 is 18.1 Å². The topological polar surface area (TPSA) is 107 Å². The molecule has 0 heterocycles. The van der Waals surface area contributed by atoms with Gasteiger partial charge in [-0.3, -0.25) is 0 Å². The Morgan fingerprint density at radius 2 is 0.825 bits per heavy atom. The zero-order valence-corrected chi connectivity index (χ0v) is 21.8. The lowest BCUT2D eigenvalue weighted by Crippen LogP contribution is -2.19. The molecule has 9 nitrogen and oxygen atoms in total. The van der Waals surface area contributed by atoms with E-state index in [0.29, 0.717) is 24.7 Å². The van der Waals surface area contributed by atoms with Gasteiger partial charge in [0.15, 0.2) is 0 Å². The zero-order valence-electron chi connectivity index (χ0n) is 21.8. The molecule has 204 valence electrons. The summed E-state index contributed by atoms with van der Waals surface area (Å²) < 4.78 is 32.2. The Labute approximate surface area is 230 Å². The third-order valence-electron chi connectivity index (χ3n) is 5.29. The predicted octanol–water partition coefficient (Wildman–Crippen LogP) is 6.50. The van der Waals surface area contributed by atoms with Gasteiger partial charge in [0.1, 0.15) is 45.6 Å². The largest absolute Gasteiger partial charge is 0.519 e. The molecule has 0 saturated heterocycles. The van der Waals surface area contributed by atoms with Crippen molar-refractivity contribution in [1.29, 1.82) is 0 Å². The van der Waals surface area contributed by atoms with Crippen molar-refractivity contribution in [2.24, 2.45) is 0 Å². The molecule has 4 aromatic rings. The molecule has 40 heavy (non-hydrogen) atoms. The van der Waals surface area contributed by atoms with E-state index in [1.807, 2.05) is 13.8 Å². The van der Waals surface area contributed by atoms with Crippen LogP contribution >= 0.6 is 0 Å². The average Bonchev–Trinajstić information content (AvgIpc) is 2.96. The van der Waals surface area contributed by atoms with Gasteiger partial charge in [-0.25, -0.2) is 14.4 Å². The van der Waals surface area contributed by atoms with E-state index in [4.69, 9.17) is 28.4 Å². The van der Waals surface area contributed by atoms with Gasteiger partial charge in [0.25, 0.3) is 0 Å². The first-order valence-electron chi connectivity index (χ1n) is 12.4. The highest BCUT2D eigenvalue weighted by molar-refractivity contribution is 5.96. The molecular weight excluding hydrogens is 516 g/mol. The molecule has 0 radical (unpaired) electrons. The SMILES string of the molecule is CCOc1ccc(OC(=O)c2ccccc2OC(=O)Oc2ccccc2C(=O)Oc2ccc(OCC)cc2)cc1. The third kappa shape index (κ3) is 7.38. The van der Waals surface area contributed by atoms with Gasteiger partial charge < -0.3 is 28.4 Å². The van der Waals surface area contributed by atoms with Crippen LogP contribution in [0.4, 0.5) is 4.79 Å². The van der Waals surface area contributed by atoms with E-state index >= 15 is 0 Å². The molecule has 0 unspecified atom stereocenters. The van der Waals surface area contributed by atoms with E-state index in [2.05, 4.69) is 0 Å². The number of para-hydroxylation sites is 2. The fraction of sp³-hybridized carbons (Fsp3) is 0.129. The van der Waals surface area contributed by atoms with Crippen molar-refractivity contribution >= 4 is 18.1 Å². The van der Waals surface area contributed by atoms with Crippen molar-refractivity contribution < 1.29 is 42.8 Å². The van der Waals surface area contributed by atoms with Crippen LogP contribution in [0.3, 0.4) is 0 Å². The summed E-state index contributed by atoms with van der Waals surface area (Å²) in [5.74, 6) is 0.181. The number of carbonyl (C=O) groups excluding carboxylic acids is 3. The molecule has 4 aromatic carbocycles. The number of hydrogen-bond acceptors (Lipinski definition) is 9. The first-order valence-corrected chi connectivity index (χ1v) is 12.4. The number of benzene rings is 4. The maximum atomic E-state index is 12.8. The summed E-state index contributed by atoms with van der Waals surface area (Å²) >= 11 is 0. The van der Waals surface area contributed by atoms with Crippen LogP contribution in [0.15, 0.2) is 97.1 Å². The molecule has 0 atom stereocenters. The monoisotopic (exact) mass is 542 g/mol. The Hall–Kier alpha value is -5.31. The molecule has 4 rings (SSSR count). The normalized spacial score (nSPS) is 10.2. The van der Waals surface area contributed by atoms with Crippen molar-refractivity contribution in [3.63, 3.8) is 0 Å². The molecule has 0 bridgehead atoms. The Balaban J connectivity index is 1.42. The van der Waals surface area contributed by atoms with Crippen LogP contribution in [-0.4, -0.2) is 31.3 Å². The molecule has 0 N–H and O–H groups in total. The van der Waals surface area contributed by atoms with Crippen LogP contribution in [0, 0.1) is 0 Å². The van der Waals surface area contributed by atoms with E-state index in [0.717, 1.165) is 0 Å². The number of hydrogen-bond donors (Lipinski definition) is 0. The third-order valence-corrected chi connectivity index (χ3v) is 5.29. The van der Waals surface area contributed by atoms with Crippen LogP contribution < -0.4 is 28.4 Å². The minimum Gasteiger partial charge on any atom is -0.494 e. The van der Waals surface area contributed by atoms with Crippen LogP contribution in [0.1, 0.15) is 34.6 Å². The lowest BCUT2D eigenvalue weighted by atomic mass is 10.2. The molecule has 0 fully saturated rings. The first-order chi connectivity index (χ1) is 19.5. The van der Waals surface area contributed by atoms with Gasteiger partial charge in [-0.05, 0) is 86.6 Å². The number of carbonyl (C=O) groups is 3. The van der Waals surface area contributed by atoms with Crippen molar-refractivity contribution in [2.45, 2.75) is 13.8 Å². The molecule has 0 spiro atoms. The van der Waals surface area contributed by atoms with Gasteiger partial charge in [-0.1, -0.05) is 24.3 Å². The standard InChI is InChI=1S/C31H26O9/c1-3-35-21-13-17-23(18-14-21)37-29(32)25-9-5-7-11-27(25)39-31(34)40-28-12-8-6-10-26(28)30(33)38-24-19-15-22(16-20-24)36-4-2/h5-20H,3-4H2,1-2H3. The first kappa shape index (κ1) is 27.7. The fourth-order valence-electron chi connectivity index (χ4n) is 3.51. The molecule has 0 amide bonds. The maximum Gasteiger partial charge on any atom is 0.519 e. The van der Waals surface area contributed by atoms with E-state index in [1.165, 1.54) is 24.3 Å². The molecule has 0 aliphatic rings. The van der Waals surface area contributed by atoms with Crippen molar-refractivity contribution in [1.82, 2.24) is 0 Å². The average molecular weight is 543 g/mol. The predicted molar refractivity (Wildman–Crippen MR) is 145 cm³/mol. The van der Waals surface area contributed by atoms with E-state index in [-0.39, 0.29) is 34.1 Å². The minimum absolute atomic E-state index is 0.00321. The number of esters is 2. The summed E-state index contributed by atoms with van der Waals surface area (Å²) in [5, 5.41) is 0. The molecule has 9 heteroatoms. The highest BCUT2D eigenvalue weighted by atomic mass is 16.7. The second-order valence-electron chi connectivity index (χ2n) is 8.03. The number of ether oxygens (including phenoxy) is 6. The van der Waals surface area contributed by atoms with Crippen molar-refractivity contribution in [2.75, 3.05) is 13.2 Å². The van der Waals surface area contributed by atoms with Gasteiger partial charge in [0, 0.05) is 0 Å². The lowest BCUT2D eigenvalue weighted by Gasteiger charge is -2.12. The van der Waals surface area contributed by atoms with Crippen LogP contribution in [0.2, 0.25) is 0 Å². The second kappa shape index (κ2) is 13.5. The molecular formula is C31H26O9. The number of rotatable bonds is 10. The lowest BCUT2D eigenvalue weighted by molar-refractivity contribution is 0.0723. The summed E-state index contributed by atoms with van der Waals surface area (Å²) in [6.07, 6.45) is -1.16. The smallest absolute Gasteiger partial charge is 0.494 e. The Kier molecular flexibility index (Phi) is 9.34. The minimum atomic E-state index is -1.16. The Morgan fingerprint density at radius 3 is 1.20 bits per heavy atom. The summed E-state index contributed by atoms with van der Waals surface area (Å²) in [7, 11) is 0. The van der Waals surface area contributed by atoms with Gasteiger partial charge in [-0.2, -0.15) is 0 Å². The van der Waals surface area contributed by atoms with E-state index < -0.39 is 18.1 Å². The van der Waals surface area contributed by atoms with Crippen molar-refractivity contribution in [3.05, 3.63) is 108 Å². The maximum absolute atomic E-state index is 12.8. The Morgan fingerprint density at radius 1 is 0.475 bits per heavy atom. The van der Waals surface area contributed by atoms with Gasteiger partial charge in [0.05, 0.1) is 13.2 Å². The summed E-state index contributed by atoms with van der Waals surface area (Å²) in [5.41, 5.74) is -0.00643. The van der Waals surface area contributed by atoms with Crippen LogP contribution in [0.25, 0.3) is 0 Å². The highest BCUT2D eigenvalue weighted by Gasteiger charge is 2.21. The molecule has 0 aliphatic heterocycles. The molecule has 0 aromatic heterocycles. The van der Waals surface area contributed by atoms with Crippen LogP contribution in [-0.2, 0) is 0 Å². The summed E-state index contributed by atoms with van der Waals surface area (Å²) in [6.45, 7) is 4.75. The quantitative estimate of drug-likeness (QED) is 0.126. The zero-order chi connectivity index (χ0) is 28.3. The Bertz CT molecular complexity index is 1350. The van der Waals surface area contributed by atoms with Gasteiger partial charge in [-0.15, -0.1) is 0 Å². The van der Waals surface area contributed by atoms with E-state index in [1.54, 1.807) is 72.8 Å². The molecule has 0 saturated carbocycles. The van der Waals surface area contributed by atoms with E-state index in [9.17, 15) is 14.4 Å². The van der Waals surface area contributed by atoms with Crippen LogP contribution in [0.5, 0.6) is 34.5 Å². The fourth-order valence-corrected chi connectivity index (χ4v) is 3.51. The van der Waals surface area contributed by atoms with Gasteiger partial charge in [0.2, 0.25) is 0 Å². The van der Waals surface area contributed by atoms with Crippen molar-refractivity contribution in [3.8, 4) is 34.5 Å². The summed E-state index contributed by atoms with van der Waals surface area (Å²) in [6, 6.07) is 25.1. The highest BCUT2D eigenvalue weighted by Crippen LogP contribution is 2.26. The molecule has 0 aliphatic carbocycles.